The molecule has 288 valence electrons. The normalized spacial score (nSPS) is 11.9. The summed E-state index contributed by atoms with van der Waals surface area (Å²) in [5, 5.41) is 10.8. The van der Waals surface area contributed by atoms with Gasteiger partial charge in [-0.25, -0.2) is 9.97 Å². The van der Waals surface area contributed by atoms with Gasteiger partial charge >= 0.3 is 0 Å². The van der Waals surface area contributed by atoms with Crippen molar-refractivity contribution >= 4 is 76.1 Å². The fraction of sp³-hybridized carbons (Fsp3) is 0. The first kappa shape index (κ1) is 34.5. The highest BCUT2D eigenvalue weighted by atomic mass is 15.2. The maximum Gasteiger partial charge on any atom is 0.235 e. The van der Waals surface area contributed by atoms with Crippen molar-refractivity contribution in [3.8, 4) is 45.1 Å². The van der Waals surface area contributed by atoms with Gasteiger partial charge in [-0.15, -0.1) is 0 Å². The summed E-state index contributed by atoms with van der Waals surface area (Å²) >= 11 is 0. The second kappa shape index (κ2) is 13.6. The predicted octanol–water partition coefficient (Wildman–Crippen LogP) is 15.1. The Morgan fingerprint density at radius 3 is 1.35 bits per heavy atom. The molecule has 0 saturated carbocycles. The van der Waals surface area contributed by atoms with E-state index in [1.165, 1.54) is 65.6 Å². The second-order valence-electron chi connectivity index (χ2n) is 16.1. The molecule has 0 unspecified atom stereocenters. The van der Waals surface area contributed by atoms with Crippen molar-refractivity contribution in [3.05, 3.63) is 218 Å². The lowest BCUT2D eigenvalue weighted by Gasteiger charge is -2.14. The minimum atomic E-state index is 0.649. The number of fused-ring (bicyclic) bond motifs is 11. The predicted molar refractivity (Wildman–Crippen MR) is 260 cm³/mol. The van der Waals surface area contributed by atoms with Crippen LogP contribution in [0, 0.1) is 0 Å². The van der Waals surface area contributed by atoms with E-state index >= 15 is 0 Å². The average molecular weight is 789 g/mol. The molecule has 0 amide bonds. The van der Waals surface area contributed by atoms with E-state index in [2.05, 4.69) is 221 Å². The Morgan fingerprint density at radius 2 is 0.758 bits per heavy atom. The van der Waals surface area contributed by atoms with Gasteiger partial charge in [0, 0.05) is 38.2 Å². The van der Waals surface area contributed by atoms with Crippen LogP contribution in [0.1, 0.15) is 0 Å². The zero-order valence-corrected chi connectivity index (χ0v) is 33.6. The largest absolute Gasteiger partial charge is 0.309 e. The molecule has 0 fully saturated rings. The third-order valence-electron chi connectivity index (χ3n) is 12.7. The van der Waals surface area contributed by atoms with Crippen LogP contribution in [0.5, 0.6) is 0 Å². The maximum atomic E-state index is 5.35. The van der Waals surface area contributed by atoms with Gasteiger partial charge < -0.3 is 4.57 Å². The molecule has 0 spiro atoms. The molecule has 10 aromatic carbocycles. The van der Waals surface area contributed by atoms with Gasteiger partial charge in [0.1, 0.15) is 0 Å². The van der Waals surface area contributed by atoms with E-state index in [1.807, 2.05) is 6.07 Å². The molecule has 0 aliphatic carbocycles. The van der Waals surface area contributed by atoms with Crippen LogP contribution in [0.3, 0.4) is 0 Å². The average Bonchev–Trinajstić information content (AvgIpc) is 3.86. The molecule has 0 N–H and O–H groups in total. The molecule has 4 nitrogen and oxygen atoms in total. The van der Waals surface area contributed by atoms with Crippen molar-refractivity contribution in [1.29, 1.82) is 0 Å². The highest BCUT2D eigenvalue weighted by molar-refractivity contribution is 6.31. The first-order chi connectivity index (χ1) is 30.8. The summed E-state index contributed by atoms with van der Waals surface area (Å²) in [6.45, 7) is 0. The molecule has 0 radical (unpaired) electrons. The summed E-state index contributed by atoms with van der Waals surface area (Å²) in [4.78, 5) is 10.6. The van der Waals surface area contributed by atoms with Crippen LogP contribution in [-0.2, 0) is 0 Å². The summed E-state index contributed by atoms with van der Waals surface area (Å²) < 4.78 is 4.75. The molecule has 13 aromatic rings. The molecule has 4 heteroatoms. The van der Waals surface area contributed by atoms with Crippen molar-refractivity contribution in [2.75, 3.05) is 0 Å². The number of hydrogen-bond acceptors (Lipinski definition) is 2. The van der Waals surface area contributed by atoms with Crippen molar-refractivity contribution in [2.24, 2.45) is 0 Å². The Hall–Kier alpha value is -8.34. The second-order valence-corrected chi connectivity index (χ2v) is 16.1. The van der Waals surface area contributed by atoms with Crippen LogP contribution in [0.15, 0.2) is 218 Å². The molecule has 3 heterocycles. The molecule has 0 saturated heterocycles. The molecule has 0 aliphatic rings. The first-order valence-electron chi connectivity index (χ1n) is 21.2. The number of rotatable bonds is 5. The van der Waals surface area contributed by atoms with Crippen LogP contribution in [0.25, 0.3) is 121 Å². The van der Waals surface area contributed by atoms with Crippen LogP contribution in [0.4, 0.5) is 0 Å². The smallest absolute Gasteiger partial charge is 0.235 e. The van der Waals surface area contributed by atoms with Gasteiger partial charge in [-0.2, -0.15) is 0 Å². The van der Waals surface area contributed by atoms with E-state index in [1.54, 1.807) is 0 Å². The van der Waals surface area contributed by atoms with E-state index in [0.29, 0.717) is 5.95 Å². The SMILES string of the molecule is c1ccc(-c2nc(-n3c4ccccc4c4cc(-n5c6cc(-c7ccccc7)c7ccccc7c6c6c7ccccc7c(-c7ccccc7)cc65)ccc43)nc3ccccc23)cc1. The highest BCUT2D eigenvalue weighted by Gasteiger charge is 2.23. The number of hydrogen-bond donors (Lipinski definition) is 0. The lowest BCUT2D eigenvalue weighted by Crippen LogP contribution is -2.03. The third-order valence-corrected chi connectivity index (χ3v) is 12.7. The van der Waals surface area contributed by atoms with Crippen LogP contribution in [0.2, 0.25) is 0 Å². The Bertz CT molecular complexity index is 3770. The zero-order valence-electron chi connectivity index (χ0n) is 33.6. The topological polar surface area (TPSA) is 35.6 Å². The van der Waals surface area contributed by atoms with Gasteiger partial charge in [0.25, 0.3) is 0 Å². The van der Waals surface area contributed by atoms with Gasteiger partial charge in [-0.3, -0.25) is 4.57 Å². The lowest BCUT2D eigenvalue weighted by molar-refractivity contribution is 1.01. The molecule has 13 rings (SSSR count). The van der Waals surface area contributed by atoms with Crippen molar-refractivity contribution < 1.29 is 0 Å². The molecular formula is C58H36N4. The van der Waals surface area contributed by atoms with E-state index in [4.69, 9.17) is 9.97 Å². The number of nitrogens with zero attached hydrogens (tertiary/aromatic N) is 4. The Labute approximate surface area is 357 Å². The fourth-order valence-electron chi connectivity index (χ4n) is 10.0. The summed E-state index contributed by atoms with van der Waals surface area (Å²) in [7, 11) is 0. The monoisotopic (exact) mass is 788 g/mol. The fourth-order valence-corrected chi connectivity index (χ4v) is 10.0. The third kappa shape index (κ3) is 5.14. The number of benzene rings is 10. The van der Waals surface area contributed by atoms with Crippen molar-refractivity contribution in [1.82, 2.24) is 19.1 Å². The number of aromatic nitrogens is 4. The maximum absolute atomic E-state index is 5.35. The van der Waals surface area contributed by atoms with Crippen molar-refractivity contribution in [2.45, 2.75) is 0 Å². The quantitative estimate of drug-likeness (QED) is 0.174. The Morgan fingerprint density at radius 1 is 0.290 bits per heavy atom. The van der Waals surface area contributed by atoms with Gasteiger partial charge in [0.05, 0.1) is 33.3 Å². The number of para-hydroxylation sites is 2. The van der Waals surface area contributed by atoms with Gasteiger partial charge in [-0.1, -0.05) is 176 Å². The Balaban J connectivity index is 1.15. The van der Waals surface area contributed by atoms with Gasteiger partial charge in [-0.05, 0) is 86.3 Å². The summed E-state index contributed by atoms with van der Waals surface area (Å²) in [6.07, 6.45) is 0. The molecule has 3 aromatic heterocycles. The summed E-state index contributed by atoms with van der Waals surface area (Å²) in [5.74, 6) is 0.649. The molecule has 0 bridgehead atoms. The van der Waals surface area contributed by atoms with Gasteiger partial charge in [0.2, 0.25) is 5.95 Å². The van der Waals surface area contributed by atoms with Gasteiger partial charge in [0.15, 0.2) is 0 Å². The van der Waals surface area contributed by atoms with E-state index in [9.17, 15) is 0 Å². The summed E-state index contributed by atoms with van der Waals surface area (Å²) in [6, 6.07) is 78.6. The van der Waals surface area contributed by atoms with E-state index in [0.717, 1.165) is 49.7 Å². The molecular weight excluding hydrogens is 753 g/mol. The van der Waals surface area contributed by atoms with E-state index in [-0.39, 0.29) is 0 Å². The molecule has 0 atom stereocenters. The molecule has 62 heavy (non-hydrogen) atoms. The van der Waals surface area contributed by atoms with Crippen molar-refractivity contribution in [3.63, 3.8) is 0 Å². The van der Waals surface area contributed by atoms with E-state index < -0.39 is 0 Å². The Kier molecular flexibility index (Phi) is 7.57. The lowest BCUT2D eigenvalue weighted by atomic mass is 9.92. The standard InChI is InChI=1S/C58H36N4/c1-4-18-37(19-5-1)47-35-53-55(44-27-12-10-24-41(44)47)56-45-28-13-11-25-42(45)48(38-20-6-2-7-21-38)36-54(56)61(53)40-32-33-52-49(34-40)43-26-15-17-31-51(43)62(52)58-59-50-30-16-14-29-46(50)57(60-58)39-22-8-3-9-23-39/h1-36H. The minimum Gasteiger partial charge on any atom is -0.309 e. The minimum absolute atomic E-state index is 0.649. The van der Waals surface area contributed by atoms with Crippen LogP contribution < -0.4 is 0 Å². The zero-order chi connectivity index (χ0) is 40.7. The molecule has 0 aliphatic heterocycles. The highest BCUT2D eigenvalue weighted by Crippen LogP contribution is 2.47. The first-order valence-corrected chi connectivity index (χ1v) is 21.2. The summed E-state index contributed by atoms with van der Waals surface area (Å²) in [5.41, 5.74) is 13.2. The van der Waals surface area contributed by atoms with Crippen LogP contribution >= 0.6 is 0 Å². The van der Waals surface area contributed by atoms with Crippen LogP contribution in [-0.4, -0.2) is 19.1 Å².